The first kappa shape index (κ1) is 24.1. The van der Waals surface area contributed by atoms with Crippen molar-refractivity contribution in [1.82, 2.24) is 20.3 Å². The van der Waals surface area contributed by atoms with Crippen molar-refractivity contribution in [2.45, 2.75) is 52.2 Å². The maximum atomic E-state index is 14.0. The van der Waals surface area contributed by atoms with Crippen LogP contribution in [-0.2, 0) is 16.1 Å². The van der Waals surface area contributed by atoms with Gasteiger partial charge in [-0.3, -0.25) is 14.5 Å². The van der Waals surface area contributed by atoms with E-state index in [1.54, 1.807) is 9.58 Å². The van der Waals surface area contributed by atoms with Crippen LogP contribution in [0, 0.1) is 6.92 Å². The van der Waals surface area contributed by atoms with Crippen molar-refractivity contribution >= 4 is 28.5 Å². The van der Waals surface area contributed by atoms with Crippen molar-refractivity contribution in [3.05, 3.63) is 90.0 Å². The van der Waals surface area contributed by atoms with E-state index in [2.05, 4.69) is 15.6 Å². The van der Waals surface area contributed by atoms with Gasteiger partial charge in [0, 0.05) is 11.2 Å². The summed E-state index contributed by atoms with van der Waals surface area (Å²) in [4.78, 5) is 29.4. The van der Waals surface area contributed by atoms with E-state index < -0.39 is 11.6 Å². The van der Waals surface area contributed by atoms with Gasteiger partial charge in [-0.15, -0.1) is 5.10 Å². The van der Waals surface area contributed by atoms with Crippen LogP contribution in [0.15, 0.2) is 78.9 Å². The number of hydrogen-bond acceptors (Lipinski definition) is 4. The Kier molecular flexibility index (Phi) is 6.96. The summed E-state index contributed by atoms with van der Waals surface area (Å²) in [5.41, 5.74) is 3.36. The lowest BCUT2D eigenvalue weighted by molar-refractivity contribution is -0.128. The Balaban J connectivity index is 1.82. The van der Waals surface area contributed by atoms with E-state index in [4.69, 9.17) is 0 Å². The second-order valence-electron chi connectivity index (χ2n) is 9.33. The summed E-state index contributed by atoms with van der Waals surface area (Å²) < 4.78 is 1.58. The lowest BCUT2D eigenvalue weighted by Crippen LogP contribution is -2.51. The van der Waals surface area contributed by atoms with Crippen molar-refractivity contribution in [1.29, 1.82) is 0 Å². The minimum absolute atomic E-state index is 0.0529. The standard InChI is InChI=1S/C28H31N5O2/c1-5-28(3,4)29-27(35)26(21-14-7-6-8-15-21)33(23-17-11-9-13-20(23)2)25(34)19-32-24-18-12-10-16-22(24)30-31-32/h6-18,26H,5,19H2,1-4H3,(H,29,35)/t26-/m0/s1. The van der Waals surface area contributed by atoms with E-state index in [1.807, 2.05) is 107 Å². The molecule has 7 nitrogen and oxygen atoms in total. The molecule has 0 aliphatic heterocycles. The molecule has 7 heteroatoms. The Labute approximate surface area is 205 Å². The fraction of sp³-hybridized carbons (Fsp3) is 0.286. The van der Waals surface area contributed by atoms with E-state index in [0.717, 1.165) is 23.1 Å². The molecule has 0 aliphatic rings. The molecular weight excluding hydrogens is 438 g/mol. The Morgan fingerprint density at radius 2 is 1.63 bits per heavy atom. The number of carbonyl (C=O) groups excluding carboxylic acids is 2. The molecule has 1 N–H and O–H groups in total. The minimum Gasteiger partial charge on any atom is -0.349 e. The lowest BCUT2D eigenvalue weighted by Gasteiger charge is -2.35. The number of fused-ring (bicyclic) bond motifs is 1. The van der Waals surface area contributed by atoms with E-state index in [0.29, 0.717) is 11.2 Å². The molecule has 0 unspecified atom stereocenters. The van der Waals surface area contributed by atoms with E-state index >= 15 is 0 Å². The van der Waals surface area contributed by atoms with Gasteiger partial charge in [0.05, 0.1) is 5.52 Å². The maximum Gasteiger partial charge on any atom is 0.249 e. The number of aromatic nitrogens is 3. The van der Waals surface area contributed by atoms with Crippen LogP contribution >= 0.6 is 0 Å². The zero-order valence-electron chi connectivity index (χ0n) is 20.6. The predicted molar refractivity (Wildman–Crippen MR) is 138 cm³/mol. The summed E-state index contributed by atoms with van der Waals surface area (Å²) in [5.74, 6) is -0.489. The molecular formula is C28H31N5O2. The molecule has 0 radical (unpaired) electrons. The lowest BCUT2D eigenvalue weighted by atomic mass is 9.97. The Morgan fingerprint density at radius 1 is 0.971 bits per heavy atom. The molecule has 0 aliphatic carbocycles. The number of anilines is 1. The highest BCUT2D eigenvalue weighted by Gasteiger charge is 2.35. The summed E-state index contributed by atoms with van der Waals surface area (Å²) in [6, 6.07) is 23.7. The second kappa shape index (κ2) is 10.1. The largest absolute Gasteiger partial charge is 0.349 e. The molecule has 0 saturated heterocycles. The van der Waals surface area contributed by atoms with Gasteiger partial charge in [0.1, 0.15) is 18.1 Å². The van der Waals surface area contributed by atoms with Crippen LogP contribution < -0.4 is 10.2 Å². The van der Waals surface area contributed by atoms with Crippen molar-refractivity contribution in [2.24, 2.45) is 0 Å². The van der Waals surface area contributed by atoms with Gasteiger partial charge in [0.25, 0.3) is 0 Å². The number of carbonyl (C=O) groups is 2. The van der Waals surface area contributed by atoms with Gasteiger partial charge in [-0.05, 0) is 56.5 Å². The molecule has 4 aromatic rings. The van der Waals surface area contributed by atoms with E-state index in [9.17, 15) is 9.59 Å². The molecule has 0 saturated carbocycles. The van der Waals surface area contributed by atoms with Crippen molar-refractivity contribution in [3.8, 4) is 0 Å². The van der Waals surface area contributed by atoms with Gasteiger partial charge < -0.3 is 5.32 Å². The second-order valence-corrected chi connectivity index (χ2v) is 9.33. The highest BCUT2D eigenvalue weighted by atomic mass is 16.2. The van der Waals surface area contributed by atoms with Crippen molar-refractivity contribution < 1.29 is 9.59 Å². The Morgan fingerprint density at radius 3 is 2.34 bits per heavy atom. The first-order valence-corrected chi connectivity index (χ1v) is 11.8. The Bertz CT molecular complexity index is 1330. The molecule has 180 valence electrons. The van der Waals surface area contributed by atoms with Gasteiger partial charge in [-0.1, -0.05) is 72.8 Å². The smallest absolute Gasteiger partial charge is 0.249 e. The van der Waals surface area contributed by atoms with Crippen molar-refractivity contribution in [2.75, 3.05) is 4.90 Å². The summed E-state index contributed by atoms with van der Waals surface area (Å²) in [6.07, 6.45) is 0.753. The molecule has 1 atom stereocenters. The molecule has 0 fully saturated rings. The van der Waals surface area contributed by atoms with Crippen LogP contribution in [0.3, 0.4) is 0 Å². The molecule has 4 rings (SSSR count). The number of nitrogens with one attached hydrogen (secondary N) is 1. The first-order chi connectivity index (χ1) is 16.8. The van der Waals surface area contributed by atoms with Crippen LogP contribution in [0.5, 0.6) is 0 Å². The molecule has 1 heterocycles. The van der Waals surface area contributed by atoms with Crippen molar-refractivity contribution in [3.63, 3.8) is 0 Å². The maximum absolute atomic E-state index is 14.0. The van der Waals surface area contributed by atoms with Crippen LogP contribution in [0.2, 0.25) is 0 Å². The van der Waals surface area contributed by atoms with Crippen LogP contribution in [0.4, 0.5) is 5.69 Å². The fourth-order valence-electron chi connectivity index (χ4n) is 4.03. The molecule has 0 spiro atoms. The van der Waals surface area contributed by atoms with E-state index in [-0.39, 0.29) is 18.4 Å². The van der Waals surface area contributed by atoms with Gasteiger partial charge in [0.15, 0.2) is 0 Å². The van der Waals surface area contributed by atoms with Gasteiger partial charge in [-0.2, -0.15) is 0 Å². The van der Waals surface area contributed by atoms with Crippen LogP contribution in [0.1, 0.15) is 44.4 Å². The quantitative estimate of drug-likeness (QED) is 0.401. The summed E-state index contributed by atoms with van der Waals surface area (Å²) >= 11 is 0. The summed E-state index contributed by atoms with van der Waals surface area (Å²) in [6.45, 7) is 7.87. The number of hydrogen-bond donors (Lipinski definition) is 1. The number of aryl methyl sites for hydroxylation is 1. The highest BCUT2D eigenvalue weighted by Crippen LogP contribution is 2.31. The number of para-hydroxylation sites is 2. The third kappa shape index (κ3) is 5.24. The monoisotopic (exact) mass is 469 g/mol. The van der Waals surface area contributed by atoms with Gasteiger partial charge in [0.2, 0.25) is 11.8 Å². The Hall–Kier alpha value is -4.00. The molecule has 1 aromatic heterocycles. The third-order valence-corrected chi connectivity index (χ3v) is 6.32. The SMILES string of the molecule is CCC(C)(C)NC(=O)[C@H](c1ccccc1)N(C(=O)Cn1nnc2ccccc21)c1ccccc1C. The van der Waals surface area contributed by atoms with Gasteiger partial charge >= 0.3 is 0 Å². The fourth-order valence-corrected chi connectivity index (χ4v) is 4.03. The number of amides is 2. The number of nitrogens with zero attached hydrogens (tertiary/aromatic N) is 4. The molecule has 2 amide bonds. The third-order valence-electron chi connectivity index (χ3n) is 6.32. The average molecular weight is 470 g/mol. The average Bonchev–Trinajstić information content (AvgIpc) is 3.26. The molecule has 35 heavy (non-hydrogen) atoms. The number of benzene rings is 3. The zero-order chi connectivity index (χ0) is 25.0. The number of rotatable bonds is 8. The summed E-state index contributed by atoms with van der Waals surface area (Å²) in [5, 5.41) is 11.5. The van der Waals surface area contributed by atoms with Gasteiger partial charge in [-0.25, -0.2) is 4.68 Å². The molecule has 3 aromatic carbocycles. The topological polar surface area (TPSA) is 80.1 Å². The highest BCUT2D eigenvalue weighted by molar-refractivity contribution is 6.02. The van der Waals surface area contributed by atoms with Crippen LogP contribution in [-0.4, -0.2) is 32.3 Å². The first-order valence-electron chi connectivity index (χ1n) is 11.8. The van der Waals surface area contributed by atoms with Crippen LogP contribution in [0.25, 0.3) is 11.0 Å². The predicted octanol–water partition coefficient (Wildman–Crippen LogP) is 4.82. The summed E-state index contributed by atoms with van der Waals surface area (Å²) in [7, 11) is 0. The molecule has 0 bridgehead atoms. The zero-order valence-corrected chi connectivity index (χ0v) is 20.6. The minimum atomic E-state index is -0.856. The van der Waals surface area contributed by atoms with E-state index in [1.165, 1.54) is 0 Å². The normalized spacial score (nSPS) is 12.3.